The third-order valence-electron chi connectivity index (χ3n) is 3.62. The SMILES string of the molecule is CCOCCN(CCCCCCCCCBr)CCOCC. The van der Waals surface area contributed by atoms with Crippen LogP contribution in [0.15, 0.2) is 0 Å². The van der Waals surface area contributed by atoms with Gasteiger partial charge in [-0.1, -0.05) is 48.0 Å². The van der Waals surface area contributed by atoms with Crippen molar-refractivity contribution >= 4 is 15.9 Å². The third-order valence-corrected chi connectivity index (χ3v) is 4.18. The first-order valence-electron chi connectivity index (χ1n) is 8.78. The van der Waals surface area contributed by atoms with Gasteiger partial charge in [0.25, 0.3) is 0 Å². The van der Waals surface area contributed by atoms with E-state index in [4.69, 9.17) is 9.47 Å². The van der Waals surface area contributed by atoms with Crippen molar-refractivity contribution < 1.29 is 9.47 Å². The Morgan fingerprint density at radius 3 is 1.62 bits per heavy atom. The Bertz CT molecular complexity index is 184. The first kappa shape index (κ1) is 21.4. The second-order valence-electron chi connectivity index (χ2n) is 5.40. The average molecular weight is 366 g/mol. The number of alkyl halides is 1. The smallest absolute Gasteiger partial charge is 0.0593 e. The minimum Gasteiger partial charge on any atom is -0.380 e. The van der Waals surface area contributed by atoms with Crippen LogP contribution in [0.5, 0.6) is 0 Å². The number of ether oxygens (including phenoxy) is 2. The summed E-state index contributed by atoms with van der Waals surface area (Å²) >= 11 is 3.48. The fraction of sp³-hybridized carbons (Fsp3) is 1.00. The molecule has 0 N–H and O–H groups in total. The summed E-state index contributed by atoms with van der Waals surface area (Å²) < 4.78 is 10.9. The van der Waals surface area contributed by atoms with Crippen molar-refractivity contribution in [1.82, 2.24) is 4.90 Å². The largest absolute Gasteiger partial charge is 0.380 e. The molecule has 0 aliphatic carbocycles. The van der Waals surface area contributed by atoms with Crippen LogP contribution in [-0.4, -0.2) is 56.3 Å². The first-order valence-corrected chi connectivity index (χ1v) is 9.91. The monoisotopic (exact) mass is 365 g/mol. The minimum absolute atomic E-state index is 0.813. The molecule has 0 saturated heterocycles. The normalized spacial score (nSPS) is 11.4. The van der Waals surface area contributed by atoms with E-state index in [1.807, 2.05) is 0 Å². The lowest BCUT2D eigenvalue weighted by atomic mass is 10.1. The zero-order chi connectivity index (χ0) is 15.6. The van der Waals surface area contributed by atoms with E-state index in [0.717, 1.165) is 44.8 Å². The number of unbranched alkanes of at least 4 members (excludes halogenated alkanes) is 6. The van der Waals surface area contributed by atoms with E-state index in [1.54, 1.807) is 0 Å². The molecule has 0 aliphatic heterocycles. The number of nitrogens with zero attached hydrogens (tertiary/aromatic N) is 1. The van der Waals surface area contributed by atoms with E-state index in [-0.39, 0.29) is 0 Å². The second kappa shape index (κ2) is 18.4. The average Bonchev–Trinajstić information content (AvgIpc) is 2.49. The molecule has 0 unspecified atom stereocenters. The highest BCUT2D eigenvalue weighted by atomic mass is 79.9. The predicted molar refractivity (Wildman–Crippen MR) is 95.5 cm³/mol. The van der Waals surface area contributed by atoms with E-state index in [0.29, 0.717) is 0 Å². The molecule has 0 spiro atoms. The van der Waals surface area contributed by atoms with Gasteiger partial charge in [-0.2, -0.15) is 0 Å². The van der Waals surface area contributed by atoms with Crippen LogP contribution in [0, 0.1) is 0 Å². The number of hydrogen-bond donors (Lipinski definition) is 0. The Labute approximate surface area is 140 Å². The summed E-state index contributed by atoms with van der Waals surface area (Å²) in [5.74, 6) is 0. The highest BCUT2D eigenvalue weighted by Gasteiger charge is 2.04. The minimum atomic E-state index is 0.813. The van der Waals surface area contributed by atoms with Gasteiger partial charge in [0.15, 0.2) is 0 Å². The Morgan fingerprint density at radius 2 is 1.14 bits per heavy atom. The van der Waals surface area contributed by atoms with Crippen molar-refractivity contribution in [3.63, 3.8) is 0 Å². The lowest BCUT2D eigenvalue weighted by Gasteiger charge is -2.22. The van der Waals surface area contributed by atoms with E-state index in [2.05, 4.69) is 34.7 Å². The van der Waals surface area contributed by atoms with Crippen LogP contribution in [0.2, 0.25) is 0 Å². The summed E-state index contributed by atoms with van der Waals surface area (Å²) in [4.78, 5) is 2.48. The molecule has 0 atom stereocenters. The van der Waals surface area contributed by atoms with Crippen molar-refractivity contribution in [2.45, 2.75) is 58.8 Å². The maximum Gasteiger partial charge on any atom is 0.0593 e. The van der Waals surface area contributed by atoms with Crippen LogP contribution in [0.1, 0.15) is 58.8 Å². The summed E-state index contributed by atoms with van der Waals surface area (Å²) in [5.41, 5.74) is 0. The number of hydrogen-bond acceptors (Lipinski definition) is 3. The maximum absolute atomic E-state index is 5.47. The topological polar surface area (TPSA) is 21.7 Å². The molecule has 0 aromatic heterocycles. The molecular weight excluding hydrogens is 330 g/mol. The molecule has 4 heteroatoms. The molecular formula is C17H36BrNO2. The van der Waals surface area contributed by atoms with Gasteiger partial charge >= 0.3 is 0 Å². The summed E-state index contributed by atoms with van der Waals surface area (Å²) in [6.45, 7) is 10.7. The first-order chi connectivity index (χ1) is 10.3. The lowest BCUT2D eigenvalue weighted by Crippen LogP contribution is -2.32. The fourth-order valence-corrected chi connectivity index (χ4v) is 2.72. The van der Waals surface area contributed by atoms with Crippen LogP contribution in [0.3, 0.4) is 0 Å². The molecule has 0 fully saturated rings. The van der Waals surface area contributed by atoms with Crippen molar-refractivity contribution in [3.8, 4) is 0 Å². The molecule has 0 aromatic rings. The van der Waals surface area contributed by atoms with Gasteiger partial charge in [-0.05, 0) is 33.2 Å². The summed E-state index contributed by atoms with van der Waals surface area (Å²) in [7, 11) is 0. The molecule has 128 valence electrons. The van der Waals surface area contributed by atoms with Crippen molar-refractivity contribution in [1.29, 1.82) is 0 Å². The summed E-state index contributed by atoms with van der Waals surface area (Å²) in [6, 6.07) is 0. The third kappa shape index (κ3) is 16.6. The highest BCUT2D eigenvalue weighted by molar-refractivity contribution is 9.09. The molecule has 0 amide bonds. The molecule has 0 rings (SSSR count). The Kier molecular flexibility index (Phi) is 18.7. The van der Waals surface area contributed by atoms with Crippen molar-refractivity contribution in [2.24, 2.45) is 0 Å². The Morgan fingerprint density at radius 1 is 0.667 bits per heavy atom. The van der Waals surface area contributed by atoms with Gasteiger partial charge in [-0.15, -0.1) is 0 Å². The lowest BCUT2D eigenvalue weighted by molar-refractivity contribution is 0.0820. The van der Waals surface area contributed by atoms with E-state index >= 15 is 0 Å². The molecule has 3 nitrogen and oxygen atoms in total. The van der Waals surface area contributed by atoms with Gasteiger partial charge < -0.3 is 9.47 Å². The van der Waals surface area contributed by atoms with Gasteiger partial charge in [-0.3, -0.25) is 4.90 Å². The fourth-order valence-electron chi connectivity index (χ4n) is 2.33. The van der Waals surface area contributed by atoms with E-state index < -0.39 is 0 Å². The van der Waals surface area contributed by atoms with E-state index in [1.165, 1.54) is 51.5 Å². The van der Waals surface area contributed by atoms with Crippen molar-refractivity contribution in [2.75, 3.05) is 51.4 Å². The summed E-state index contributed by atoms with van der Waals surface area (Å²) in [5, 5.41) is 1.15. The second-order valence-corrected chi connectivity index (χ2v) is 6.19. The van der Waals surface area contributed by atoms with Crippen LogP contribution in [-0.2, 0) is 9.47 Å². The van der Waals surface area contributed by atoms with Gasteiger partial charge in [0, 0.05) is 31.6 Å². The number of rotatable bonds is 17. The molecule has 0 radical (unpaired) electrons. The summed E-state index contributed by atoms with van der Waals surface area (Å²) in [6.07, 6.45) is 9.52. The maximum atomic E-state index is 5.47. The van der Waals surface area contributed by atoms with Gasteiger partial charge in [0.2, 0.25) is 0 Å². The molecule has 0 aromatic carbocycles. The zero-order valence-electron chi connectivity index (χ0n) is 14.2. The Hall–Kier alpha value is 0.360. The molecule has 0 aliphatic rings. The van der Waals surface area contributed by atoms with Gasteiger partial charge in [0.1, 0.15) is 0 Å². The standard InChI is InChI=1S/C17H36BrNO2/c1-3-20-16-14-19(15-17-21-4-2)13-11-9-7-5-6-8-10-12-18/h3-17H2,1-2H3. The van der Waals surface area contributed by atoms with Crippen LogP contribution < -0.4 is 0 Å². The predicted octanol–water partition coefficient (Wildman–Crippen LogP) is 4.49. The van der Waals surface area contributed by atoms with Crippen molar-refractivity contribution in [3.05, 3.63) is 0 Å². The van der Waals surface area contributed by atoms with Crippen LogP contribution in [0.25, 0.3) is 0 Å². The molecule has 0 saturated carbocycles. The zero-order valence-corrected chi connectivity index (χ0v) is 15.8. The van der Waals surface area contributed by atoms with E-state index in [9.17, 15) is 0 Å². The van der Waals surface area contributed by atoms with Crippen LogP contribution in [0.4, 0.5) is 0 Å². The molecule has 0 bridgehead atoms. The van der Waals surface area contributed by atoms with Crippen LogP contribution >= 0.6 is 15.9 Å². The quantitative estimate of drug-likeness (QED) is 0.280. The number of halogens is 1. The van der Waals surface area contributed by atoms with Gasteiger partial charge in [0.05, 0.1) is 13.2 Å². The van der Waals surface area contributed by atoms with Gasteiger partial charge in [-0.25, -0.2) is 0 Å². The Balaban J connectivity index is 3.54. The molecule has 21 heavy (non-hydrogen) atoms. The molecule has 0 heterocycles. The highest BCUT2D eigenvalue weighted by Crippen LogP contribution is 2.08.